The van der Waals surface area contributed by atoms with Crippen LogP contribution in [0.2, 0.25) is 0 Å². The van der Waals surface area contributed by atoms with Crippen LogP contribution >= 0.6 is 0 Å². The van der Waals surface area contributed by atoms with Crippen LogP contribution in [0.5, 0.6) is 5.75 Å². The normalized spacial score (nSPS) is 23.2. The summed E-state index contributed by atoms with van der Waals surface area (Å²) < 4.78 is 5.68. The second-order valence-corrected chi connectivity index (χ2v) is 5.61. The average molecular weight is 247 g/mol. The van der Waals surface area contributed by atoms with Gasteiger partial charge < -0.3 is 10.1 Å². The summed E-state index contributed by atoms with van der Waals surface area (Å²) in [6.07, 6.45) is 6.00. The van der Waals surface area contributed by atoms with E-state index in [1.807, 2.05) is 0 Å². The van der Waals surface area contributed by atoms with Gasteiger partial charge in [-0.05, 0) is 56.8 Å². The molecule has 0 amide bonds. The number of unbranched alkanes of at least 4 members (excludes halogenated alkanes) is 1. The van der Waals surface area contributed by atoms with Gasteiger partial charge in [0.05, 0.1) is 6.61 Å². The van der Waals surface area contributed by atoms with Crippen LogP contribution in [0.1, 0.15) is 45.1 Å². The Labute approximate surface area is 111 Å². The molecule has 0 saturated carbocycles. The molecule has 2 rings (SSSR count). The van der Waals surface area contributed by atoms with Crippen LogP contribution in [0.4, 0.5) is 0 Å². The highest BCUT2D eigenvalue weighted by atomic mass is 16.5. The zero-order chi connectivity index (χ0) is 12.8. The highest BCUT2D eigenvalue weighted by Gasteiger charge is 2.27. The van der Waals surface area contributed by atoms with Crippen LogP contribution in [0, 0.1) is 0 Å². The van der Waals surface area contributed by atoms with Crippen LogP contribution < -0.4 is 10.1 Å². The van der Waals surface area contributed by atoms with E-state index in [-0.39, 0.29) is 0 Å². The second-order valence-electron chi connectivity index (χ2n) is 5.61. The first-order valence-electron chi connectivity index (χ1n) is 7.19. The van der Waals surface area contributed by atoms with Crippen LogP contribution in [0.15, 0.2) is 24.3 Å². The van der Waals surface area contributed by atoms with E-state index in [1.54, 1.807) is 0 Å². The van der Waals surface area contributed by atoms with Crippen LogP contribution in [-0.2, 0) is 6.42 Å². The first-order chi connectivity index (χ1) is 8.72. The summed E-state index contributed by atoms with van der Waals surface area (Å²) >= 11 is 0. The third kappa shape index (κ3) is 3.74. The van der Waals surface area contributed by atoms with Gasteiger partial charge in [0.15, 0.2) is 0 Å². The van der Waals surface area contributed by atoms with Gasteiger partial charge in [0.1, 0.15) is 5.75 Å². The molecule has 1 aromatic rings. The molecular formula is C16H25NO. The third-order valence-corrected chi connectivity index (χ3v) is 3.74. The van der Waals surface area contributed by atoms with Crippen molar-refractivity contribution in [1.82, 2.24) is 5.32 Å². The molecule has 0 bridgehead atoms. The fourth-order valence-corrected chi connectivity index (χ4v) is 2.60. The Kier molecular flexibility index (Phi) is 4.65. The highest BCUT2D eigenvalue weighted by molar-refractivity contribution is 5.28. The van der Waals surface area contributed by atoms with Gasteiger partial charge in [-0.3, -0.25) is 0 Å². The lowest BCUT2D eigenvalue weighted by atomic mass is 9.91. The molecule has 100 valence electrons. The number of nitrogens with one attached hydrogen (secondary N) is 1. The number of benzene rings is 1. The average Bonchev–Trinajstić information content (AvgIpc) is 2.78. The molecule has 0 aromatic heterocycles. The van der Waals surface area contributed by atoms with Crippen molar-refractivity contribution in [3.63, 3.8) is 0 Å². The maximum Gasteiger partial charge on any atom is 0.119 e. The number of ether oxygens (including phenoxy) is 1. The highest BCUT2D eigenvalue weighted by Crippen LogP contribution is 2.24. The lowest BCUT2D eigenvalue weighted by Crippen LogP contribution is -2.38. The van der Waals surface area contributed by atoms with Gasteiger partial charge in [-0.15, -0.1) is 0 Å². The van der Waals surface area contributed by atoms with Gasteiger partial charge in [0.25, 0.3) is 0 Å². The lowest BCUT2D eigenvalue weighted by Gasteiger charge is -2.24. The van der Waals surface area contributed by atoms with Gasteiger partial charge >= 0.3 is 0 Å². The van der Waals surface area contributed by atoms with Crippen molar-refractivity contribution in [3.8, 4) is 5.75 Å². The topological polar surface area (TPSA) is 21.3 Å². The van der Waals surface area contributed by atoms with E-state index < -0.39 is 0 Å². The standard InChI is InChI=1S/C16H25NO/c1-3-4-12-18-15-8-6-14(7-9-15)13-16(2)10-5-11-17-16/h6-9,17H,3-5,10-13H2,1-2H3. The monoisotopic (exact) mass is 247 g/mol. The zero-order valence-corrected chi connectivity index (χ0v) is 11.7. The van der Waals surface area contributed by atoms with Gasteiger partial charge in [0, 0.05) is 5.54 Å². The van der Waals surface area contributed by atoms with E-state index in [4.69, 9.17) is 4.74 Å². The lowest BCUT2D eigenvalue weighted by molar-refractivity contribution is 0.309. The fourth-order valence-electron chi connectivity index (χ4n) is 2.60. The maximum absolute atomic E-state index is 5.68. The van der Waals surface area contributed by atoms with Crippen molar-refractivity contribution in [3.05, 3.63) is 29.8 Å². The summed E-state index contributed by atoms with van der Waals surface area (Å²) in [4.78, 5) is 0. The molecule has 1 aliphatic heterocycles. The summed E-state index contributed by atoms with van der Waals surface area (Å²) in [5.41, 5.74) is 1.69. The molecule has 0 aliphatic carbocycles. The van der Waals surface area contributed by atoms with Gasteiger partial charge in [-0.2, -0.15) is 0 Å². The minimum Gasteiger partial charge on any atom is -0.494 e. The Bertz CT molecular complexity index is 352. The Morgan fingerprint density at radius 3 is 2.67 bits per heavy atom. The molecular weight excluding hydrogens is 222 g/mol. The molecule has 1 unspecified atom stereocenters. The zero-order valence-electron chi connectivity index (χ0n) is 11.7. The summed E-state index contributed by atoms with van der Waals surface area (Å²) in [5.74, 6) is 0.997. The minimum absolute atomic E-state index is 0.296. The molecule has 1 aliphatic rings. The predicted molar refractivity (Wildman–Crippen MR) is 76.2 cm³/mol. The predicted octanol–water partition coefficient (Wildman–Crippen LogP) is 3.55. The molecule has 2 nitrogen and oxygen atoms in total. The number of hydrogen-bond acceptors (Lipinski definition) is 2. The first-order valence-corrected chi connectivity index (χ1v) is 7.19. The Morgan fingerprint density at radius 1 is 1.28 bits per heavy atom. The molecule has 1 atom stereocenters. The van der Waals surface area contributed by atoms with Gasteiger partial charge in [-0.25, -0.2) is 0 Å². The summed E-state index contributed by atoms with van der Waals surface area (Å²) in [6, 6.07) is 8.60. The van der Waals surface area contributed by atoms with Crippen LogP contribution in [-0.4, -0.2) is 18.7 Å². The largest absolute Gasteiger partial charge is 0.494 e. The summed E-state index contributed by atoms with van der Waals surface area (Å²) in [5, 5.41) is 3.61. The second kappa shape index (κ2) is 6.24. The molecule has 0 radical (unpaired) electrons. The van der Waals surface area contributed by atoms with Crippen molar-refractivity contribution < 1.29 is 4.74 Å². The van der Waals surface area contributed by atoms with Crippen molar-refractivity contribution in [2.75, 3.05) is 13.2 Å². The molecule has 1 saturated heterocycles. The Hall–Kier alpha value is -1.02. The molecule has 1 heterocycles. The van der Waals surface area contributed by atoms with E-state index in [2.05, 4.69) is 43.4 Å². The Balaban J connectivity index is 1.87. The number of hydrogen-bond donors (Lipinski definition) is 1. The number of rotatable bonds is 6. The molecule has 1 aromatic carbocycles. The minimum atomic E-state index is 0.296. The SMILES string of the molecule is CCCCOc1ccc(CC2(C)CCCN2)cc1. The molecule has 18 heavy (non-hydrogen) atoms. The van der Waals surface area contributed by atoms with E-state index in [0.29, 0.717) is 5.54 Å². The molecule has 0 spiro atoms. The first kappa shape index (κ1) is 13.4. The molecule has 2 heteroatoms. The maximum atomic E-state index is 5.68. The third-order valence-electron chi connectivity index (χ3n) is 3.74. The van der Waals surface area contributed by atoms with Crippen molar-refractivity contribution in [2.24, 2.45) is 0 Å². The van der Waals surface area contributed by atoms with Crippen LogP contribution in [0.3, 0.4) is 0 Å². The van der Waals surface area contributed by atoms with E-state index >= 15 is 0 Å². The molecule has 1 N–H and O–H groups in total. The van der Waals surface area contributed by atoms with Gasteiger partial charge in [-0.1, -0.05) is 25.5 Å². The van der Waals surface area contributed by atoms with Crippen molar-refractivity contribution in [1.29, 1.82) is 0 Å². The Morgan fingerprint density at radius 2 is 2.06 bits per heavy atom. The van der Waals surface area contributed by atoms with Crippen molar-refractivity contribution in [2.45, 2.75) is 51.5 Å². The van der Waals surface area contributed by atoms with E-state index in [0.717, 1.165) is 31.7 Å². The van der Waals surface area contributed by atoms with Crippen LogP contribution in [0.25, 0.3) is 0 Å². The van der Waals surface area contributed by atoms with Gasteiger partial charge in [0.2, 0.25) is 0 Å². The summed E-state index contributed by atoms with van der Waals surface area (Å²) in [6.45, 7) is 6.50. The van der Waals surface area contributed by atoms with Crippen molar-refractivity contribution >= 4 is 0 Å². The molecule has 1 fully saturated rings. The summed E-state index contributed by atoms with van der Waals surface area (Å²) in [7, 11) is 0. The smallest absolute Gasteiger partial charge is 0.119 e. The van der Waals surface area contributed by atoms with E-state index in [1.165, 1.54) is 24.8 Å². The van der Waals surface area contributed by atoms with E-state index in [9.17, 15) is 0 Å². The quantitative estimate of drug-likeness (QED) is 0.776. The fraction of sp³-hybridized carbons (Fsp3) is 0.625.